The molecule has 0 aliphatic carbocycles. The molecule has 0 spiro atoms. The number of fused-ring (bicyclic) bond motifs is 1. The highest BCUT2D eigenvalue weighted by molar-refractivity contribution is 7.10. The Labute approximate surface area is 214 Å². The van der Waals surface area contributed by atoms with Crippen LogP contribution >= 0.6 is 11.3 Å². The predicted octanol–water partition coefficient (Wildman–Crippen LogP) is 5.72. The lowest BCUT2D eigenvalue weighted by molar-refractivity contribution is -0.135. The lowest BCUT2D eigenvalue weighted by Crippen LogP contribution is -2.48. The fourth-order valence-electron chi connectivity index (χ4n) is 4.39. The Hall–Kier alpha value is -3.26. The van der Waals surface area contributed by atoms with Crippen LogP contribution in [-0.4, -0.2) is 47.9 Å². The Kier molecular flexibility index (Phi) is 8.36. The normalized spacial score (nSPS) is 15.8. The van der Waals surface area contributed by atoms with E-state index in [4.69, 9.17) is 4.74 Å². The van der Waals surface area contributed by atoms with Crippen LogP contribution in [0.1, 0.15) is 47.1 Å². The number of halogens is 2. The summed E-state index contributed by atoms with van der Waals surface area (Å²) in [4.78, 5) is 31.4. The minimum absolute atomic E-state index is 0.115. The highest BCUT2D eigenvalue weighted by Gasteiger charge is 2.34. The molecule has 1 aliphatic rings. The molecule has 190 valence electrons. The maximum absolute atomic E-state index is 13.8. The number of thiophene rings is 1. The van der Waals surface area contributed by atoms with E-state index >= 15 is 0 Å². The summed E-state index contributed by atoms with van der Waals surface area (Å²) < 4.78 is 33.3. The molecular weight excluding hydrogens is 482 g/mol. The molecule has 8 heteroatoms. The van der Waals surface area contributed by atoms with Crippen molar-refractivity contribution in [1.82, 2.24) is 9.80 Å². The van der Waals surface area contributed by atoms with Gasteiger partial charge in [0.25, 0.3) is 5.91 Å². The summed E-state index contributed by atoms with van der Waals surface area (Å²) in [6.07, 6.45) is 1.56. The molecule has 0 unspecified atom stereocenters. The molecule has 2 heterocycles. The molecule has 1 aliphatic heterocycles. The van der Waals surface area contributed by atoms with Crippen LogP contribution in [0.3, 0.4) is 0 Å². The second-order valence-corrected chi connectivity index (χ2v) is 10.1. The van der Waals surface area contributed by atoms with E-state index in [0.717, 1.165) is 18.4 Å². The van der Waals surface area contributed by atoms with Crippen molar-refractivity contribution >= 4 is 23.2 Å². The van der Waals surface area contributed by atoms with Gasteiger partial charge in [0, 0.05) is 29.6 Å². The van der Waals surface area contributed by atoms with Crippen LogP contribution in [0.5, 0.6) is 5.75 Å². The van der Waals surface area contributed by atoms with Crippen molar-refractivity contribution in [1.29, 1.82) is 0 Å². The first-order valence-electron chi connectivity index (χ1n) is 12.1. The molecule has 2 aromatic carbocycles. The molecule has 0 N–H and O–H groups in total. The third kappa shape index (κ3) is 6.10. The van der Waals surface area contributed by atoms with Gasteiger partial charge in [-0.1, -0.05) is 32.4 Å². The Bertz CT molecular complexity index is 1210. The summed E-state index contributed by atoms with van der Waals surface area (Å²) in [6.45, 7) is 4.98. The van der Waals surface area contributed by atoms with Gasteiger partial charge in [0.05, 0.1) is 6.04 Å². The first-order valence-corrected chi connectivity index (χ1v) is 13.0. The van der Waals surface area contributed by atoms with E-state index in [1.165, 1.54) is 40.1 Å². The number of carbonyl (C=O) groups excluding carboxylic acids is 2. The first kappa shape index (κ1) is 25.8. The standard InChI is InChI=1S/C28H30F2N2O3S/c1-3-19(2)16-31(28(34)20-6-4-7-21(29)14-20)17-27(33)32-12-10-26-24(11-13-36-26)25(32)18-35-23-9-5-8-22(30)15-23/h4-9,11,13-15,19,25H,3,10,12,16-18H2,1-2H3/t19-,25-/m1/s1. The van der Waals surface area contributed by atoms with Gasteiger partial charge in [-0.3, -0.25) is 9.59 Å². The van der Waals surface area contributed by atoms with Gasteiger partial charge in [-0.15, -0.1) is 11.3 Å². The van der Waals surface area contributed by atoms with E-state index in [0.29, 0.717) is 18.8 Å². The Morgan fingerprint density at radius 1 is 1.14 bits per heavy atom. The third-order valence-corrected chi connectivity index (χ3v) is 7.53. The highest BCUT2D eigenvalue weighted by Crippen LogP contribution is 2.34. The van der Waals surface area contributed by atoms with Crippen molar-refractivity contribution in [2.45, 2.75) is 32.7 Å². The topological polar surface area (TPSA) is 49.9 Å². The SMILES string of the molecule is CC[C@@H](C)CN(CC(=O)N1CCc2sccc2[C@H]1COc1cccc(F)c1)C(=O)c1cccc(F)c1. The number of amides is 2. The molecule has 3 aromatic rings. The van der Waals surface area contributed by atoms with E-state index in [-0.39, 0.29) is 42.5 Å². The molecular formula is C28H30F2N2O3S. The number of hydrogen-bond acceptors (Lipinski definition) is 4. The number of benzene rings is 2. The summed E-state index contributed by atoms with van der Waals surface area (Å²) in [5, 5.41) is 2.00. The maximum Gasteiger partial charge on any atom is 0.254 e. The molecule has 1 aromatic heterocycles. The molecule has 0 saturated heterocycles. The zero-order valence-corrected chi connectivity index (χ0v) is 21.3. The van der Waals surface area contributed by atoms with E-state index in [2.05, 4.69) is 0 Å². The van der Waals surface area contributed by atoms with Crippen LogP contribution in [-0.2, 0) is 11.2 Å². The zero-order valence-electron chi connectivity index (χ0n) is 20.5. The van der Waals surface area contributed by atoms with Crippen LogP contribution < -0.4 is 4.74 Å². The zero-order chi connectivity index (χ0) is 25.7. The first-order chi connectivity index (χ1) is 17.4. The average Bonchev–Trinajstić information content (AvgIpc) is 3.35. The molecule has 4 rings (SSSR count). The monoisotopic (exact) mass is 512 g/mol. The molecule has 36 heavy (non-hydrogen) atoms. The van der Waals surface area contributed by atoms with Crippen LogP contribution in [0.4, 0.5) is 8.78 Å². The molecule has 2 amide bonds. The average molecular weight is 513 g/mol. The van der Waals surface area contributed by atoms with E-state index in [1.54, 1.807) is 34.4 Å². The van der Waals surface area contributed by atoms with Crippen molar-refractivity contribution in [3.8, 4) is 5.75 Å². The third-order valence-electron chi connectivity index (χ3n) is 6.53. The Morgan fingerprint density at radius 2 is 1.89 bits per heavy atom. The van der Waals surface area contributed by atoms with Crippen molar-refractivity contribution in [3.63, 3.8) is 0 Å². The second kappa shape index (κ2) is 11.6. The molecule has 0 saturated carbocycles. The van der Waals surface area contributed by atoms with E-state index in [9.17, 15) is 18.4 Å². The largest absolute Gasteiger partial charge is 0.491 e. The van der Waals surface area contributed by atoms with Gasteiger partial charge in [-0.25, -0.2) is 8.78 Å². The summed E-state index contributed by atoms with van der Waals surface area (Å²) >= 11 is 1.64. The Morgan fingerprint density at radius 3 is 2.61 bits per heavy atom. The van der Waals surface area contributed by atoms with E-state index < -0.39 is 11.6 Å². The number of ether oxygens (including phenoxy) is 1. The van der Waals surface area contributed by atoms with Gasteiger partial charge in [-0.05, 0) is 59.7 Å². The maximum atomic E-state index is 13.8. The Balaban J connectivity index is 1.55. The van der Waals surface area contributed by atoms with Crippen LogP contribution in [0.25, 0.3) is 0 Å². The second-order valence-electron chi connectivity index (χ2n) is 9.13. The fourth-order valence-corrected chi connectivity index (χ4v) is 5.32. The predicted molar refractivity (Wildman–Crippen MR) is 136 cm³/mol. The minimum Gasteiger partial charge on any atom is -0.491 e. The van der Waals surface area contributed by atoms with Crippen molar-refractivity contribution < 1.29 is 23.1 Å². The molecule has 0 fully saturated rings. The quantitative estimate of drug-likeness (QED) is 0.369. The van der Waals surface area contributed by atoms with Crippen LogP contribution in [0.15, 0.2) is 60.0 Å². The van der Waals surface area contributed by atoms with Gasteiger partial charge >= 0.3 is 0 Å². The van der Waals surface area contributed by atoms with Crippen LogP contribution in [0.2, 0.25) is 0 Å². The number of hydrogen-bond donors (Lipinski definition) is 0. The van der Waals surface area contributed by atoms with E-state index in [1.807, 2.05) is 25.3 Å². The van der Waals surface area contributed by atoms with Gasteiger partial charge < -0.3 is 14.5 Å². The summed E-state index contributed by atoms with van der Waals surface area (Å²) in [5.74, 6) is -0.892. The smallest absolute Gasteiger partial charge is 0.254 e. The van der Waals surface area contributed by atoms with Gasteiger partial charge in [0.2, 0.25) is 5.91 Å². The summed E-state index contributed by atoms with van der Waals surface area (Å²) in [5.41, 5.74) is 1.23. The molecule has 2 atom stereocenters. The highest BCUT2D eigenvalue weighted by atomic mass is 32.1. The summed E-state index contributed by atoms with van der Waals surface area (Å²) in [6, 6.07) is 13.1. The minimum atomic E-state index is -0.494. The number of rotatable bonds is 9. The van der Waals surface area contributed by atoms with Crippen molar-refractivity contribution in [2.75, 3.05) is 26.2 Å². The molecule has 5 nitrogen and oxygen atoms in total. The number of nitrogens with zero attached hydrogens (tertiary/aromatic N) is 2. The summed E-state index contributed by atoms with van der Waals surface area (Å²) in [7, 11) is 0. The van der Waals surface area contributed by atoms with Gasteiger partial charge in [-0.2, -0.15) is 0 Å². The lowest BCUT2D eigenvalue weighted by Gasteiger charge is -2.37. The lowest BCUT2D eigenvalue weighted by atomic mass is 10.00. The fraction of sp³-hybridized carbons (Fsp3) is 0.357. The van der Waals surface area contributed by atoms with Crippen LogP contribution in [0, 0.1) is 17.6 Å². The molecule has 0 radical (unpaired) electrons. The van der Waals surface area contributed by atoms with Crippen molar-refractivity contribution in [3.05, 3.63) is 87.6 Å². The number of carbonyl (C=O) groups is 2. The molecule has 0 bridgehead atoms. The van der Waals surface area contributed by atoms with Gasteiger partial charge in [0.1, 0.15) is 30.5 Å². The van der Waals surface area contributed by atoms with Gasteiger partial charge in [0.15, 0.2) is 0 Å². The van der Waals surface area contributed by atoms with Crippen molar-refractivity contribution in [2.24, 2.45) is 5.92 Å².